The van der Waals surface area contributed by atoms with Crippen molar-refractivity contribution >= 4 is 29.9 Å². The number of guanidine groups is 1. The lowest BCUT2D eigenvalue weighted by molar-refractivity contribution is 0.0732. The van der Waals surface area contributed by atoms with Crippen molar-refractivity contribution in [1.29, 1.82) is 0 Å². The maximum Gasteiger partial charge on any atom is 0.190 e. The zero-order valence-corrected chi connectivity index (χ0v) is 18.7. The first-order chi connectivity index (χ1) is 12.2. The predicted octanol–water partition coefficient (Wildman–Crippen LogP) is 3.62. The van der Waals surface area contributed by atoms with Crippen LogP contribution in [0.1, 0.15) is 37.7 Å². The maximum atomic E-state index is 5.26. The van der Waals surface area contributed by atoms with Crippen LogP contribution in [0.5, 0.6) is 5.75 Å². The van der Waals surface area contributed by atoms with Gasteiger partial charge in [0.1, 0.15) is 5.75 Å². The standard InChI is InChI=1S/C20H33N3O2.HI/c1-21-19(23-16-20(11-5-12-20)13-15-24-2)22-14-4-6-17-7-9-18(25-3)10-8-17;/h7-10H,4-6,11-16H2,1-3H3,(H2,21,22,23);1H. The fourth-order valence-electron chi connectivity index (χ4n) is 3.29. The molecule has 2 N–H and O–H groups in total. The minimum Gasteiger partial charge on any atom is -0.497 e. The van der Waals surface area contributed by atoms with Crippen molar-refractivity contribution in [2.45, 2.75) is 38.5 Å². The zero-order valence-electron chi connectivity index (χ0n) is 16.3. The molecule has 0 saturated heterocycles. The molecule has 0 atom stereocenters. The van der Waals surface area contributed by atoms with Crippen LogP contribution in [0, 0.1) is 5.41 Å². The summed E-state index contributed by atoms with van der Waals surface area (Å²) < 4.78 is 10.5. The van der Waals surface area contributed by atoms with Gasteiger partial charge in [0.15, 0.2) is 5.96 Å². The molecule has 0 heterocycles. The van der Waals surface area contributed by atoms with Gasteiger partial charge in [-0.1, -0.05) is 18.6 Å². The molecule has 1 aliphatic rings. The Hall–Kier alpha value is -1.02. The van der Waals surface area contributed by atoms with Crippen molar-refractivity contribution in [2.24, 2.45) is 10.4 Å². The molecule has 0 aromatic heterocycles. The van der Waals surface area contributed by atoms with E-state index in [2.05, 4.69) is 27.8 Å². The van der Waals surface area contributed by atoms with Gasteiger partial charge in [-0.15, -0.1) is 24.0 Å². The van der Waals surface area contributed by atoms with Gasteiger partial charge in [-0.2, -0.15) is 0 Å². The molecule has 0 unspecified atom stereocenters. The Morgan fingerprint density at radius 2 is 1.88 bits per heavy atom. The third-order valence-electron chi connectivity index (χ3n) is 5.20. The lowest BCUT2D eigenvalue weighted by atomic mass is 9.67. The first-order valence-corrected chi connectivity index (χ1v) is 9.28. The molecule has 26 heavy (non-hydrogen) atoms. The van der Waals surface area contributed by atoms with E-state index in [9.17, 15) is 0 Å². The van der Waals surface area contributed by atoms with Crippen LogP contribution in [-0.4, -0.2) is 46.9 Å². The first-order valence-electron chi connectivity index (χ1n) is 9.28. The first kappa shape index (κ1) is 23.0. The van der Waals surface area contributed by atoms with Crippen molar-refractivity contribution < 1.29 is 9.47 Å². The topological polar surface area (TPSA) is 54.9 Å². The summed E-state index contributed by atoms with van der Waals surface area (Å²) in [5.41, 5.74) is 1.73. The molecule has 1 aromatic rings. The number of methoxy groups -OCH3 is 2. The second-order valence-corrected chi connectivity index (χ2v) is 6.90. The van der Waals surface area contributed by atoms with Crippen molar-refractivity contribution in [3.63, 3.8) is 0 Å². The molecule has 1 fully saturated rings. The number of ether oxygens (including phenoxy) is 2. The van der Waals surface area contributed by atoms with E-state index in [1.54, 1.807) is 14.2 Å². The van der Waals surface area contributed by atoms with E-state index < -0.39 is 0 Å². The molecule has 0 aliphatic heterocycles. The van der Waals surface area contributed by atoms with Gasteiger partial charge in [0.05, 0.1) is 7.11 Å². The number of halogens is 1. The summed E-state index contributed by atoms with van der Waals surface area (Å²) in [5, 5.41) is 6.92. The number of aryl methyl sites for hydroxylation is 1. The van der Waals surface area contributed by atoms with Crippen LogP contribution in [0.15, 0.2) is 29.3 Å². The van der Waals surface area contributed by atoms with E-state index >= 15 is 0 Å². The van der Waals surface area contributed by atoms with E-state index in [1.165, 1.54) is 24.8 Å². The smallest absolute Gasteiger partial charge is 0.190 e. The van der Waals surface area contributed by atoms with Gasteiger partial charge in [-0.05, 0) is 55.2 Å². The number of hydrogen-bond donors (Lipinski definition) is 2. The highest BCUT2D eigenvalue weighted by molar-refractivity contribution is 14.0. The fraction of sp³-hybridized carbons (Fsp3) is 0.650. The molecular weight excluding hydrogens is 441 g/mol. The summed E-state index contributed by atoms with van der Waals surface area (Å²) >= 11 is 0. The SMILES string of the molecule is CN=C(NCCCc1ccc(OC)cc1)NCC1(CCOC)CCC1.I. The lowest BCUT2D eigenvalue weighted by Gasteiger charge is -2.42. The maximum absolute atomic E-state index is 5.26. The molecule has 0 radical (unpaired) electrons. The molecule has 1 aromatic carbocycles. The van der Waals surface area contributed by atoms with Crippen LogP contribution in [0.4, 0.5) is 0 Å². The van der Waals surface area contributed by atoms with Crippen LogP contribution in [0.25, 0.3) is 0 Å². The summed E-state index contributed by atoms with van der Waals surface area (Å²) in [6, 6.07) is 8.28. The van der Waals surface area contributed by atoms with Crippen LogP contribution in [0.3, 0.4) is 0 Å². The normalized spacial score (nSPS) is 15.6. The van der Waals surface area contributed by atoms with E-state index in [4.69, 9.17) is 9.47 Å². The Bertz CT molecular complexity index is 530. The summed E-state index contributed by atoms with van der Waals surface area (Å²) in [6.45, 7) is 2.74. The Balaban J connectivity index is 0.00000338. The van der Waals surface area contributed by atoms with Gasteiger partial charge >= 0.3 is 0 Å². The number of rotatable bonds is 10. The van der Waals surface area contributed by atoms with Gasteiger partial charge in [0.2, 0.25) is 0 Å². The number of aliphatic imine (C=N–C) groups is 1. The van der Waals surface area contributed by atoms with E-state index in [0.717, 1.165) is 50.7 Å². The van der Waals surface area contributed by atoms with Crippen molar-refractivity contribution in [2.75, 3.05) is 41.0 Å². The molecule has 0 amide bonds. The van der Waals surface area contributed by atoms with Crippen LogP contribution in [0.2, 0.25) is 0 Å². The zero-order chi connectivity index (χ0) is 18.0. The molecular formula is C20H34IN3O2. The van der Waals surface area contributed by atoms with Crippen molar-refractivity contribution in [1.82, 2.24) is 10.6 Å². The monoisotopic (exact) mass is 475 g/mol. The highest BCUT2D eigenvalue weighted by Gasteiger charge is 2.36. The highest BCUT2D eigenvalue weighted by Crippen LogP contribution is 2.43. The largest absolute Gasteiger partial charge is 0.497 e. The Labute approximate surface area is 175 Å². The predicted molar refractivity (Wildman–Crippen MR) is 119 cm³/mol. The third-order valence-corrected chi connectivity index (χ3v) is 5.20. The minimum absolute atomic E-state index is 0. The summed E-state index contributed by atoms with van der Waals surface area (Å²) in [7, 11) is 5.31. The number of nitrogens with one attached hydrogen (secondary N) is 2. The minimum atomic E-state index is 0. The Kier molecular flexibility index (Phi) is 11.0. The second-order valence-electron chi connectivity index (χ2n) is 6.90. The van der Waals surface area contributed by atoms with E-state index in [1.807, 2.05) is 19.2 Å². The summed E-state index contributed by atoms with van der Waals surface area (Å²) in [5.74, 6) is 1.81. The molecule has 0 bridgehead atoms. The molecule has 0 spiro atoms. The van der Waals surface area contributed by atoms with E-state index in [0.29, 0.717) is 5.41 Å². The van der Waals surface area contributed by atoms with Gasteiger partial charge in [0.25, 0.3) is 0 Å². The molecule has 6 heteroatoms. The molecule has 1 aliphatic carbocycles. The van der Waals surface area contributed by atoms with Crippen molar-refractivity contribution in [3.05, 3.63) is 29.8 Å². The Morgan fingerprint density at radius 1 is 1.15 bits per heavy atom. The van der Waals surface area contributed by atoms with Gasteiger partial charge < -0.3 is 20.1 Å². The molecule has 1 saturated carbocycles. The highest BCUT2D eigenvalue weighted by atomic mass is 127. The average molecular weight is 475 g/mol. The van der Waals surface area contributed by atoms with Crippen LogP contribution >= 0.6 is 24.0 Å². The van der Waals surface area contributed by atoms with Crippen LogP contribution < -0.4 is 15.4 Å². The lowest BCUT2D eigenvalue weighted by Crippen LogP contribution is -2.47. The summed E-state index contributed by atoms with van der Waals surface area (Å²) in [4.78, 5) is 4.34. The average Bonchev–Trinajstić information content (AvgIpc) is 2.62. The molecule has 5 nitrogen and oxygen atoms in total. The fourth-order valence-corrected chi connectivity index (χ4v) is 3.29. The number of nitrogens with zero attached hydrogens (tertiary/aromatic N) is 1. The van der Waals surface area contributed by atoms with Crippen LogP contribution in [-0.2, 0) is 11.2 Å². The van der Waals surface area contributed by atoms with Gasteiger partial charge in [0, 0.05) is 33.9 Å². The number of benzene rings is 1. The number of hydrogen-bond acceptors (Lipinski definition) is 3. The third kappa shape index (κ3) is 7.31. The van der Waals surface area contributed by atoms with E-state index in [-0.39, 0.29) is 24.0 Å². The van der Waals surface area contributed by atoms with Crippen molar-refractivity contribution in [3.8, 4) is 5.75 Å². The second kappa shape index (κ2) is 12.4. The molecule has 2 rings (SSSR count). The molecule has 148 valence electrons. The Morgan fingerprint density at radius 3 is 2.42 bits per heavy atom. The van der Waals surface area contributed by atoms with Gasteiger partial charge in [-0.25, -0.2) is 0 Å². The summed E-state index contributed by atoms with van der Waals surface area (Å²) in [6.07, 6.45) is 7.16. The van der Waals surface area contributed by atoms with Gasteiger partial charge in [-0.3, -0.25) is 4.99 Å². The quantitative estimate of drug-likeness (QED) is 0.235.